The fourth-order valence-electron chi connectivity index (χ4n) is 3.83. The van der Waals surface area contributed by atoms with Crippen molar-refractivity contribution in [2.75, 3.05) is 0 Å². The molecule has 2 atom stereocenters. The Hall–Kier alpha value is -2.32. The van der Waals surface area contributed by atoms with E-state index in [1.807, 2.05) is 19.3 Å². The van der Waals surface area contributed by atoms with Crippen molar-refractivity contribution in [1.82, 2.24) is 20.6 Å². The van der Waals surface area contributed by atoms with Gasteiger partial charge in [0.25, 0.3) is 5.91 Å². The first kappa shape index (κ1) is 17.1. The minimum absolute atomic E-state index is 0.00462. The second-order valence-corrected chi connectivity index (χ2v) is 7.95. The Morgan fingerprint density at radius 2 is 2.27 bits per heavy atom. The molecule has 1 aromatic heterocycles. The Balaban J connectivity index is 1.65. The molecule has 4 rings (SSSR count). The lowest BCUT2D eigenvalue weighted by atomic mass is 9.75. The normalized spacial score (nSPS) is 24.5. The van der Waals surface area contributed by atoms with Gasteiger partial charge in [0.05, 0.1) is 11.1 Å². The van der Waals surface area contributed by atoms with Crippen molar-refractivity contribution in [3.8, 4) is 0 Å². The largest absolute Gasteiger partial charge is 0.371 e. The van der Waals surface area contributed by atoms with Gasteiger partial charge in [0, 0.05) is 30.3 Å². The van der Waals surface area contributed by atoms with Crippen LogP contribution in [-0.2, 0) is 17.3 Å². The van der Waals surface area contributed by atoms with Gasteiger partial charge in [-0.25, -0.2) is 9.87 Å². The van der Waals surface area contributed by atoms with E-state index in [1.165, 1.54) is 6.07 Å². The zero-order chi connectivity index (χ0) is 18.5. The van der Waals surface area contributed by atoms with E-state index in [1.54, 1.807) is 41.0 Å². The first-order chi connectivity index (χ1) is 12.4. The van der Waals surface area contributed by atoms with Crippen molar-refractivity contribution in [3.63, 3.8) is 0 Å². The van der Waals surface area contributed by atoms with Crippen LogP contribution in [0.4, 0.5) is 4.39 Å². The predicted molar refractivity (Wildman–Crippen MR) is 95.7 cm³/mol. The molecule has 1 aromatic carbocycles. The molecule has 8 heteroatoms. The molecule has 2 unspecified atom stereocenters. The Morgan fingerprint density at radius 1 is 1.46 bits per heavy atom. The summed E-state index contributed by atoms with van der Waals surface area (Å²) in [6.45, 7) is 1.66. The quantitative estimate of drug-likeness (QED) is 0.569. The lowest BCUT2D eigenvalue weighted by Gasteiger charge is -2.31. The van der Waals surface area contributed by atoms with Gasteiger partial charge in [-0.1, -0.05) is 23.9 Å². The molecule has 3 N–H and O–H groups in total. The molecule has 0 radical (unpaired) electrons. The van der Waals surface area contributed by atoms with E-state index in [0.29, 0.717) is 24.0 Å². The zero-order valence-corrected chi connectivity index (χ0v) is 15.2. The van der Waals surface area contributed by atoms with Crippen LogP contribution in [-0.4, -0.2) is 20.9 Å². The third-order valence-electron chi connectivity index (χ3n) is 5.17. The number of halogens is 1. The number of rotatable bonds is 3. The summed E-state index contributed by atoms with van der Waals surface area (Å²) >= 11 is 1.62. The highest BCUT2D eigenvalue weighted by atomic mass is 32.2. The first-order valence-corrected chi connectivity index (χ1v) is 9.17. The second-order valence-electron chi connectivity index (χ2n) is 6.75. The summed E-state index contributed by atoms with van der Waals surface area (Å²) in [6.07, 6.45) is 2.69. The highest BCUT2D eigenvalue weighted by molar-refractivity contribution is 8.03. The van der Waals surface area contributed by atoms with Crippen LogP contribution in [0.3, 0.4) is 0 Å². The monoisotopic (exact) mass is 374 g/mol. The average Bonchev–Trinajstić information content (AvgIpc) is 3.29. The van der Waals surface area contributed by atoms with E-state index in [4.69, 9.17) is 0 Å². The van der Waals surface area contributed by atoms with E-state index >= 15 is 0 Å². The van der Waals surface area contributed by atoms with Gasteiger partial charge in [-0.15, -0.1) is 0 Å². The van der Waals surface area contributed by atoms with Crippen molar-refractivity contribution in [3.05, 3.63) is 63.7 Å². The average molecular weight is 374 g/mol. The van der Waals surface area contributed by atoms with E-state index in [9.17, 15) is 14.4 Å². The van der Waals surface area contributed by atoms with E-state index in [0.717, 1.165) is 16.3 Å². The summed E-state index contributed by atoms with van der Waals surface area (Å²) in [5.41, 5.74) is 3.69. The Kier molecular flexibility index (Phi) is 4.04. The summed E-state index contributed by atoms with van der Waals surface area (Å²) < 4.78 is 15.9. The standard InChI is InChI=1S/C18H19FN4O2S/c1-10-11(4-3-5-12(10)19)18(17(24)22-25)8-14-15(9-18)26-16(20-14)13-6-7-23(2)21-13/h3-7,16,20,25H,8-9H2,1-2H3,(H,22,24). The summed E-state index contributed by atoms with van der Waals surface area (Å²) in [5.74, 6) is -0.871. The number of allylic oxidation sites excluding steroid dienone is 2. The number of thioether (sulfide) groups is 1. The van der Waals surface area contributed by atoms with Crippen LogP contribution in [0.2, 0.25) is 0 Å². The second kappa shape index (κ2) is 6.14. The molecular formula is C18H19FN4O2S. The maximum Gasteiger partial charge on any atom is 0.254 e. The van der Waals surface area contributed by atoms with Gasteiger partial charge >= 0.3 is 0 Å². The Labute approximate surface area is 154 Å². The molecule has 6 nitrogen and oxygen atoms in total. The first-order valence-electron chi connectivity index (χ1n) is 8.29. The Morgan fingerprint density at radius 3 is 2.92 bits per heavy atom. The number of hydrogen-bond acceptors (Lipinski definition) is 5. The fraction of sp³-hybridized carbons (Fsp3) is 0.333. The molecule has 26 heavy (non-hydrogen) atoms. The van der Waals surface area contributed by atoms with Gasteiger partial charge < -0.3 is 5.32 Å². The third kappa shape index (κ3) is 2.52. The van der Waals surface area contributed by atoms with Crippen molar-refractivity contribution >= 4 is 17.7 Å². The molecule has 2 aliphatic rings. The smallest absolute Gasteiger partial charge is 0.254 e. The molecular weight excluding hydrogens is 355 g/mol. The SMILES string of the molecule is Cc1c(F)cccc1C1(C(=O)NO)CC2=C(C1)SC(c1ccn(C)n1)N2. The molecule has 1 aliphatic carbocycles. The number of nitrogens with zero attached hydrogens (tertiary/aromatic N) is 2. The molecule has 2 aromatic rings. The van der Waals surface area contributed by atoms with Crippen molar-refractivity contribution in [1.29, 1.82) is 0 Å². The fourth-order valence-corrected chi connectivity index (χ4v) is 5.17. The lowest BCUT2D eigenvalue weighted by molar-refractivity contribution is -0.135. The van der Waals surface area contributed by atoms with Crippen LogP contribution in [0.25, 0.3) is 0 Å². The molecule has 0 spiro atoms. The molecule has 1 aliphatic heterocycles. The maximum absolute atomic E-state index is 14.1. The molecule has 0 saturated heterocycles. The van der Waals surface area contributed by atoms with E-state index in [-0.39, 0.29) is 11.2 Å². The third-order valence-corrected chi connectivity index (χ3v) is 6.44. The molecule has 0 saturated carbocycles. The minimum atomic E-state index is -1.01. The van der Waals surface area contributed by atoms with Crippen LogP contribution in [0.5, 0.6) is 0 Å². The van der Waals surface area contributed by atoms with Gasteiger partial charge in [-0.2, -0.15) is 5.10 Å². The maximum atomic E-state index is 14.1. The highest BCUT2D eigenvalue weighted by Crippen LogP contribution is 2.55. The van der Waals surface area contributed by atoms with Crippen LogP contribution in [0.15, 0.2) is 41.1 Å². The molecule has 0 fully saturated rings. The lowest BCUT2D eigenvalue weighted by Crippen LogP contribution is -2.43. The van der Waals surface area contributed by atoms with Crippen LogP contribution >= 0.6 is 11.8 Å². The summed E-state index contributed by atoms with van der Waals surface area (Å²) in [5, 5.41) is 17.2. The summed E-state index contributed by atoms with van der Waals surface area (Å²) in [4.78, 5) is 13.7. The molecule has 2 heterocycles. The number of aryl methyl sites for hydroxylation is 1. The zero-order valence-electron chi connectivity index (χ0n) is 14.4. The highest BCUT2D eigenvalue weighted by Gasteiger charge is 2.50. The predicted octanol–water partition coefficient (Wildman–Crippen LogP) is 2.65. The van der Waals surface area contributed by atoms with Gasteiger partial charge in [0.2, 0.25) is 0 Å². The Bertz CT molecular complexity index is 906. The van der Waals surface area contributed by atoms with Gasteiger partial charge in [-0.05, 0) is 36.6 Å². The van der Waals surface area contributed by atoms with Crippen molar-refractivity contribution < 1.29 is 14.4 Å². The summed E-state index contributed by atoms with van der Waals surface area (Å²) in [7, 11) is 1.87. The van der Waals surface area contributed by atoms with Crippen LogP contribution in [0, 0.1) is 12.7 Å². The van der Waals surface area contributed by atoms with E-state index in [2.05, 4.69) is 10.4 Å². The number of carbonyl (C=O) groups excluding carboxylic acids is 1. The summed E-state index contributed by atoms with van der Waals surface area (Å²) in [6, 6.07) is 6.70. The van der Waals surface area contributed by atoms with E-state index < -0.39 is 11.3 Å². The number of hydroxylamine groups is 1. The number of nitrogens with one attached hydrogen (secondary N) is 2. The number of benzene rings is 1. The number of aromatic nitrogens is 2. The number of carbonyl (C=O) groups is 1. The molecule has 0 bridgehead atoms. The van der Waals surface area contributed by atoms with Gasteiger partial charge in [-0.3, -0.25) is 14.7 Å². The van der Waals surface area contributed by atoms with Crippen LogP contribution < -0.4 is 10.8 Å². The van der Waals surface area contributed by atoms with Gasteiger partial charge in [0.1, 0.15) is 11.2 Å². The van der Waals surface area contributed by atoms with Crippen molar-refractivity contribution in [2.24, 2.45) is 7.05 Å². The molecule has 1 amide bonds. The number of hydrogen-bond donors (Lipinski definition) is 3. The van der Waals surface area contributed by atoms with Gasteiger partial charge in [0.15, 0.2) is 0 Å². The number of amides is 1. The van der Waals surface area contributed by atoms with Crippen molar-refractivity contribution in [2.45, 2.75) is 30.6 Å². The minimum Gasteiger partial charge on any atom is -0.371 e. The molecule has 136 valence electrons. The topological polar surface area (TPSA) is 79.2 Å². The van der Waals surface area contributed by atoms with Crippen LogP contribution in [0.1, 0.15) is 35.0 Å².